The van der Waals surface area contributed by atoms with Crippen LogP contribution in [0.3, 0.4) is 0 Å². The largest absolute Gasteiger partial charge is 0.423 e. The lowest BCUT2D eigenvalue weighted by molar-refractivity contribution is 0.112. The highest BCUT2D eigenvalue weighted by Gasteiger charge is 2.05. The van der Waals surface area contributed by atoms with E-state index in [0.717, 1.165) is 28.4 Å². The molecule has 0 saturated carbocycles. The van der Waals surface area contributed by atoms with E-state index < -0.39 is 0 Å². The number of benzene rings is 2. The standard InChI is InChI=1S/C17H12O3/c1-11-7-17(19)20-16-9-14(5-6-15(11)16)13-4-2-3-12(8-13)10-18/h2-10H,1H3. The van der Waals surface area contributed by atoms with Crippen molar-refractivity contribution in [2.75, 3.05) is 0 Å². The van der Waals surface area contributed by atoms with Crippen molar-refractivity contribution in [2.24, 2.45) is 0 Å². The molecule has 98 valence electrons. The fraction of sp³-hybridized carbons (Fsp3) is 0.0588. The Kier molecular flexibility index (Phi) is 2.95. The van der Waals surface area contributed by atoms with Gasteiger partial charge < -0.3 is 4.42 Å². The fourth-order valence-corrected chi connectivity index (χ4v) is 2.30. The maximum atomic E-state index is 11.4. The minimum Gasteiger partial charge on any atom is -0.423 e. The van der Waals surface area contributed by atoms with E-state index in [-0.39, 0.29) is 5.63 Å². The SMILES string of the molecule is Cc1cc(=O)oc2cc(-c3cccc(C=O)c3)ccc12. The molecule has 0 aliphatic carbocycles. The lowest BCUT2D eigenvalue weighted by Crippen LogP contribution is -1.97. The van der Waals surface area contributed by atoms with Gasteiger partial charge in [0.05, 0.1) is 0 Å². The smallest absolute Gasteiger partial charge is 0.336 e. The van der Waals surface area contributed by atoms with E-state index in [0.29, 0.717) is 11.1 Å². The summed E-state index contributed by atoms with van der Waals surface area (Å²) in [7, 11) is 0. The van der Waals surface area contributed by atoms with Gasteiger partial charge in [-0.25, -0.2) is 4.79 Å². The molecular formula is C17H12O3. The van der Waals surface area contributed by atoms with Crippen molar-refractivity contribution in [3.05, 3.63) is 70.1 Å². The molecular weight excluding hydrogens is 252 g/mol. The maximum absolute atomic E-state index is 11.4. The Morgan fingerprint density at radius 1 is 1.00 bits per heavy atom. The Bertz CT molecular complexity index is 859. The van der Waals surface area contributed by atoms with E-state index in [1.807, 2.05) is 43.3 Å². The molecule has 0 aliphatic heterocycles. The van der Waals surface area contributed by atoms with Gasteiger partial charge in [-0.1, -0.05) is 30.3 Å². The van der Waals surface area contributed by atoms with E-state index in [1.165, 1.54) is 6.07 Å². The first-order valence-corrected chi connectivity index (χ1v) is 6.27. The third-order valence-electron chi connectivity index (χ3n) is 3.31. The number of rotatable bonds is 2. The molecule has 3 rings (SSSR count). The van der Waals surface area contributed by atoms with E-state index in [4.69, 9.17) is 4.42 Å². The van der Waals surface area contributed by atoms with Crippen LogP contribution in [0.2, 0.25) is 0 Å². The van der Waals surface area contributed by atoms with Gasteiger partial charge in [0.15, 0.2) is 0 Å². The zero-order valence-corrected chi connectivity index (χ0v) is 10.9. The first-order chi connectivity index (χ1) is 9.67. The van der Waals surface area contributed by atoms with Crippen LogP contribution in [-0.2, 0) is 0 Å². The predicted molar refractivity (Wildman–Crippen MR) is 78.0 cm³/mol. The van der Waals surface area contributed by atoms with Crippen LogP contribution in [0, 0.1) is 6.92 Å². The molecule has 0 bridgehead atoms. The van der Waals surface area contributed by atoms with Gasteiger partial charge in [0, 0.05) is 17.0 Å². The summed E-state index contributed by atoms with van der Waals surface area (Å²) < 4.78 is 5.24. The highest BCUT2D eigenvalue weighted by molar-refractivity contribution is 5.86. The number of aryl methyl sites for hydroxylation is 1. The van der Waals surface area contributed by atoms with Crippen molar-refractivity contribution in [2.45, 2.75) is 6.92 Å². The molecule has 3 aromatic rings. The summed E-state index contributed by atoms with van der Waals surface area (Å²) in [4.78, 5) is 22.3. The monoisotopic (exact) mass is 264 g/mol. The van der Waals surface area contributed by atoms with Crippen molar-refractivity contribution in [1.82, 2.24) is 0 Å². The number of carbonyl (C=O) groups excluding carboxylic acids is 1. The molecule has 0 amide bonds. The molecule has 3 heteroatoms. The van der Waals surface area contributed by atoms with Crippen molar-refractivity contribution >= 4 is 17.3 Å². The Hall–Kier alpha value is -2.68. The molecule has 20 heavy (non-hydrogen) atoms. The normalized spacial score (nSPS) is 10.7. The molecule has 1 heterocycles. The predicted octanol–water partition coefficient (Wildman–Crippen LogP) is 3.58. The molecule has 0 aliphatic rings. The molecule has 0 spiro atoms. The van der Waals surface area contributed by atoms with Gasteiger partial charge in [0.25, 0.3) is 0 Å². The first kappa shape index (κ1) is 12.4. The van der Waals surface area contributed by atoms with Gasteiger partial charge in [0.2, 0.25) is 0 Å². The Morgan fingerprint density at radius 2 is 1.80 bits per heavy atom. The molecule has 0 unspecified atom stereocenters. The molecule has 1 aromatic heterocycles. The zero-order chi connectivity index (χ0) is 14.1. The Balaban J connectivity index is 2.22. The third-order valence-corrected chi connectivity index (χ3v) is 3.31. The van der Waals surface area contributed by atoms with Crippen molar-refractivity contribution in [3.8, 4) is 11.1 Å². The van der Waals surface area contributed by atoms with E-state index in [1.54, 1.807) is 6.07 Å². The van der Waals surface area contributed by atoms with E-state index in [2.05, 4.69) is 0 Å². The average Bonchev–Trinajstić information content (AvgIpc) is 2.46. The Labute approximate surface area is 115 Å². The van der Waals surface area contributed by atoms with Gasteiger partial charge >= 0.3 is 5.63 Å². The van der Waals surface area contributed by atoms with Crippen LogP contribution in [0.15, 0.2) is 57.7 Å². The van der Waals surface area contributed by atoms with Crippen molar-refractivity contribution in [1.29, 1.82) is 0 Å². The molecule has 0 fully saturated rings. The maximum Gasteiger partial charge on any atom is 0.336 e. The minimum absolute atomic E-state index is 0.353. The van der Waals surface area contributed by atoms with E-state index in [9.17, 15) is 9.59 Å². The molecule has 0 radical (unpaired) electrons. The van der Waals surface area contributed by atoms with Gasteiger partial charge in [0.1, 0.15) is 11.9 Å². The van der Waals surface area contributed by atoms with Crippen LogP contribution in [0.4, 0.5) is 0 Å². The minimum atomic E-state index is -0.353. The number of fused-ring (bicyclic) bond motifs is 1. The number of hydrogen-bond donors (Lipinski definition) is 0. The number of aldehydes is 1. The van der Waals surface area contributed by atoms with Crippen LogP contribution in [0.1, 0.15) is 15.9 Å². The highest BCUT2D eigenvalue weighted by Crippen LogP contribution is 2.25. The fourth-order valence-electron chi connectivity index (χ4n) is 2.30. The summed E-state index contributed by atoms with van der Waals surface area (Å²) >= 11 is 0. The summed E-state index contributed by atoms with van der Waals surface area (Å²) in [5.74, 6) is 0. The summed E-state index contributed by atoms with van der Waals surface area (Å²) in [6.45, 7) is 1.88. The van der Waals surface area contributed by atoms with Crippen LogP contribution in [0.5, 0.6) is 0 Å². The average molecular weight is 264 g/mol. The molecule has 0 N–H and O–H groups in total. The first-order valence-electron chi connectivity index (χ1n) is 6.27. The lowest BCUT2D eigenvalue weighted by Gasteiger charge is -2.05. The number of hydrogen-bond acceptors (Lipinski definition) is 3. The van der Waals surface area contributed by atoms with Gasteiger partial charge in [-0.2, -0.15) is 0 Å². The van der Waals surface area contributed by atoms with Crippen molar-refractivity contribution in [3.63, 3.8) is 0 Å². The van der Waals surface area contributed by atoms with Gasteiger partial charge in [-0.05, 0) is 35.7 Å². The molecule has 0 atom stereocenters. The van der Waals surface area contributed by atoms with Crippen molar-refractivity contribution < 1.29 is 9.21 Å². The van der Waals surface area contributed by atoms with E-state index >= 15 is 0 Å². The van der Waals surface area contributed by atoms with Gasteiger partial charge in [-0.3, -0.25) is 4.79 Å². The lowest BCUT2D eigenvalue weighted by atomic mass is 10.0. The summed E-state index contributed by atoms with van der Waals surface area (Å²) in [5.41, 5.74) is 3.55. The molecule has 3 nitrogen and oxygen atoms in total. The quantitative estimate of drug-likeness (QED) is 0.525. The Morgan fingerprint density at radius 3 is 2.60 bits per heavy atom. The highest BCUT2D eigenvalue weighted by atomic mass is 16.4. The summed E-state index contributed by atoms with van der Waals surface area (Å²) in [6.07, 6.45) is 0.814. The van der Waals surface area contributed by atoms with Crippen LogP contribution in [-0.4, -0.2) is 6.29 Å². The van der Waals surface area contributed by atoms with Gasteiger partial charge in [-0.15, -0.1) is 0 Å². The zero-order valence-electron chi connectivity index (χ0n) is 10.9. The molecule has 2 aromatic carbocycles. The number of carbonyl (C=O) groups is 1. The van der Waals surface area contributed by atoms with Crippen LogP contribution in [0.25, 0.3) is 22.1 Å². The second kappa shape index (κ2) is 4.78. The second-order valence-electron chi connectivity index (χ2n) is 4.70. The van der Waals surface area contributed by atoms with Crippen LogP contribution >= 0.6 is 0 Å². The second-order valence-corrected chi connectivity index (χ2v) is 4.70. The molecule has 0 saturated heterocycles. The topological polar surface area (TPSA) is 47.3 Å². The van der Waals surface area contributed by atoms with Crippen LogP contribution < -0.4 is 5.63 Å². The third kappa shape index (κ3) is 2.14. The summed E-state index contributed by atoms with van der Waals surface area (Å²) in [6, 6.07) is 14.5. The summed E-state index contributed by atoms with van der Waals surface area (Å²) in [5, 5.41) is 0.917.